The number of aryl methyl sites for hydroxylation is 2. The van der Waals surface area contributed by atoms with Crippen LogP contribution in [0.4, 0.5) is 8.78 Å². The van der Waals surface area contributed by atoms with Gasteiger partial charge in [-0.25, -0.2) is 8.78 Å². The molecule has 0 fully saturated rings. The molecule has 0 bridgehead atoms. The number of fused-ring (bicyclic) bond motifs is 1. The molecule has 0 spiro atoms. The number of hydrogen-bond acceptors (Lipinski definition) is 2. The van der Waals surface area contributed by atoms with E-state index in [1.165, 1.54) is 11.6 Å². The summed E-state index contributed by atoms with van der Waals surface area (Å²) in [6.45, 7) is 1.21. The molecule has 2 aromatic carbocycles. The molecule has 1 aliphatic heterocycles. The van der Waals surface area contributed by atoms with Crippen molar-refractivity contribution < 1.29 is 18.3 Å². The van der Waals surface area contributed by atoms with E-state index in [0.717, 1.165) is 42.9 Å². The third kappa shape index (κ3) is 4.10. The van der Waals surface area contributed by atoms with Crippen LogP contribution in [0.25, 0.3) is 0 Å². The fourth-order valence-electron chi connectivity index (χ4n) is 2.77. The van der Waals surface area contributed by atoms with Gasteiger partial charge >= 0.3 is 0 Å². The second kappa shape index (κ2) is 7.43. The third-order valence-electron chi connectivity index (χ3n) is 4.09. The second-order valence-corrected chi connectivity index (χ2v) is 5.92. The monoisotopic (exact) mass is 331 g/mol. The van der Waals surface area contributed by atoms with Gasteiger partial charge in [0.2, 0.25) is 5.91 Å². The van der Waals surface area contributed by atoms with E-state index in [1.54, 1.807) is 0 Å². The minimum absolute atomic E-state index is 0.117. The first kappa shape index (κ1) is 16.4. The van der Waals surface area contributed by atoms with Crippen molar-refractivity contribution in [2.24, 2.45) is 0 Å². The molecule has 3 nitrogen and oxygen atoms in total. The van der Waals surface area contributed by atoms with Crippen LogP contribution in [-0.4, -0.2) is 12.5 Å². The SMILES string of the molecule is O=C(CCc1ccc(F)c(F)c1)NCc1ccc2c(c1)CCCO2. The number of hydrogen-bond donors (Lipinski definition) is 1. The summed E-state index contributed by atoms with van der Waals surface area (Å²) in [5.74, 6) is -0.952. The minimum Gasteiger partial charge on any atom is -0.493 e. The minimum atomic E-state index is -0.885. The number of carbonyl (C=O) groups is 1. The van der Waals surface area contributed by atoms with Crippen molar-refractivity contribution in [3.63, 3.8) is 0 Å². The maximum Gasteiger partial charge on any atom is 0.220 e. The summed E-state index contributed by atoms with van der Waals surface area (Å²) in [4.78, 5) is 11.9. The number of carbonyl (C=O) groups excluding carboxylic acids is 1. The lowest BCUT2D eigenvalue weighted by atomic mass is 10.0. The van der Waals surface area contributed by atoms with E-state index >= 15 is 0 Å². The van der Waals surface area contributed by atoms with Crippen LogP contribution in [-0.2, 0) is 24.2 Å². The Labute approximate surface area is 139 Å². The van der Waals surface area contributed by atoms with Crippen molar-refractivity contribution in [2.45, 2.75) is 32.2 Å². The molecule has 2 aromatic rings. The molecule has 5 heteroatoms. The first-order valence-electron chi connectivity index (χ1n) is 8.07. The maximum absolute atomic E-state index is 13.1. The Hall–Kier alpha value is -2.43. The Balaban J connectivity index is 1.49. The summed E-state index contributed by atoms with van der Waals surface area (Å²) in [5.41, 5.74) is 2.81. The summed E-state index contributed by atoms with van der Waals surface area (Å²) in [5, 5.41) is 2.85. The average molecular weight is 331 g/mol. The fraction of sp³-hybridized carbons (Fsp3) is 0.316. The molecule has 1 N–H and O–H groups in total. The largest absolute Gasteiger partial charge is 0.493 e. The molecule has 1 aliphatic rings. The van der Waals surface area contributed by atoms with E-state index < -0.39 is 11.6 Å². The summed E-state index contributed by atoms with van der Waals surface area (Å²) in [6, 6.07) is 9.65. The van der Waals surface area contributed by atoms with Crippen molar-refractivity contribution in [3.8, 4) is 5.75 Å². The zero-order valence-electron chi connectivity index (χ0n) is 13.3. The molecule has 126 valence electrons. The van der Waals surface area contributed by atoms with Gasteiger partial charge in [0.05, 0.1) is 6.61 Å². The van der Waals surface area contributed by atoms with Crippen LogP contribution < -0.4 is 10.1 Å². The molecule has 0 aliphatic carbocycles. The molecule has 0 saturated heterocycles. The van der Waals surface area contributed by atoms with E-state index in [0.29, 0.717) is 18.5 Å². The molecule has 3 rings (SSSR count). The summed E-state index contributed by atoms with van der Waals surface area (Å²) in [7, 11) is 0. The van der Waals surface area contributed by atoms with Crippen LogP contribution in [0, 0.1) is 11.6 Å². The van der Waals surface area contributed by atoms with Crippen molar-refractivity contribution in [1.29, 1.82) is 0 Å². The van der Waals surface area contributed by atoms with Gasteiger partial charge < -0.3 is 10.1 Å². The molecule has 0 saturated carbocycles. The third-order valence-corrected chi connectivity index (χ3v) is 4.09. The predicted octanol–water partition coefficient (Wildman–Crippen LogP) is 3.54. The Morgan fingerprint density at radius 1 is 1.08 bits per heavy atom. The zero-order chi connectivity index (χ0) is 16.9. The Bertz CT molecular complexity index is 746. The van der Waals surface area contributed by atoms with Crippen molar-refractivity contribution >= 4 is 5.91 Å². The van der Waals surface area contributed by atoms with Crippen molar-refractivity contribution in [2.75, 3.05) is 6.61 Å². The first-order chi connectivity index (χ1) is 11.6. The van der Waals surface area contributed by atoms with Crippen LogP contribution in [0.1, 0.15) is 29.5 Å². The average Bonchev–Trinajstić information content (AvgIpc) is 2.60. The quantitative estimate of drug-likeness (QED) is 0.910. The van der Waals surface area contributed by atoms with E-state index in [1.807, 2.05) is 12.1 Å². The highest BCUT2D eigenvalue weighted by molar-refractivity contribution is 5.76. The van der Waals surface area contributed by atoms with Gasteiger partial charge in [0.1, 0.15) is 5.75 Å². The number of nitrogens with one attached hydrogen (secondary N) is 1. The smallest absolute Gasteiger partial charge is 0.220 e. The lowest BCUT2D eigenvalue weighted by Crippen LogP contribution is -2.23. The van der Waals surface area contributed by atoms with E-state index in [-0.39, 0.29) is 12.3 Å². The normalized spacial score (nSPS) is 13.1. The number of benzene rings is 2. The van der Waals surface area contributed by atoms with Crippen molar-refractivity contribution in [3.05, 3.63) is 64.7 Å². The standard InChI is InChI=1S/C19H19F2NO2/c20-16-6-3-13(11-17(16)21)5-8-19(23)22-12-14-4-7-18-15(10-14)2-1-9-24-18/h3-4,6-7,10-11H,1-2,5,8-9,12H2,(H,22,23). The predicted molar refractivity (Wildman–Crippen MR) is 86.8 cm³/mol. The molecule has 0 radical (unpaired) electrons. The zero-order valence-corrected chi connectivity index (χ0v) is 13.3. The molecular formula is C19H19F2NO2. The molecule has 0 aromatic heterocycles. The lowest BCUT2D eigenvalue weighted by Gasteiger charge is -2.18. The van der Waals surface area contributed by atoms with Crippen LogP contribution >= 0.6 is 0 Å². The fourth-order valence-corrected chi connectivity index (χ4v) is 2.77. The van der Waals surface area contributed by atoms with Gasteiger partial charge in [0.15, 0.2) is 11.6 Å². The summed E-state index contributed by atoms with van der Waals surface area (Å²) in [6.07, 6.45) is 2.62. The highest BCUT2D eigenvalue weighted by Gasteiger charge is 2.11. The topological polar surface area (TPSA) is 38.3 Å². The molecule has 0 unspecified atom stereocenters. The number of halogens is 2. The first-order valence-corrected chi connectivity index (χ1v) is 8.07. The van der Waals surface area contributed by atoms with E-state index in [2.05, 4.69) is 11.4 Å². The van der Waals surface area contributed by atoms with Gasteiger partial charge in [-0.1, -0.05) is 18.2 Å². The van der Waals surface area contributed by atoms with E-state index in [9.17, 15) is 13.6 Å². The Kier molecular flexibility index (Phi) is 5.08. The number of rotatable bonds is 5. The molecule has 1 amide bonds. The number of ether oxygens (including phenoxy) is 1. The van der Waals surface area contributed by atoms with Crippen LogP contribution in [0.3, 0.4) is 0 Å². The second-order valence-electron chi connectivity index (χ2n) is 5.92. The molecular weight excluding hydrogens is 312 g/mol. The highest BCUT2D eigenvalue weighted by atomic mass is 19.2. The molecule has 1 heterocycles. The van der Waals surface area contributed by atoms with Crippen LogP contribution in [0.15, 0.2) is 36.4 Å². The summed E-state index contributed by atoms with van der Waals surface area (Å²) < 4.78 is 31.6. The van der Waals surface area contributed by atoms with Crippen molar-refractivity contribution in [1.82, 2.24) is 5.32 Å². The van der Waals surface area contributed by atoms with E-state index in [4.69, 9.17) is 4.74 Å². The molecule has 0 atom stereocenters. The van der Waals surface area contributed by atoms with Crippen LogP contribution in [0.2, 0.25) is 0 Å². The Morgan fingerprint density at radius 2 is 1.92 bits per heavy atom. The van der Waals surface area contributed by atoms with Crippen LogP contribution in [0.5, 0.6) is 5.75 Å². The van der Waals surface area contributed by atoms with Gasteiger partial charge in [-0.15, -0.1) is 0 Å². The lowest BCUT2D eigenvalue weighted by molar-refractivity contribution is -0.121. The summed E-state index contributed by atoms with van der Waals surface area (Å²) >= 11 is 0. The van der Waals surface area contributed by atoms with Gasteiger partial charge in [-0.3, -0.25) is 4.79 Å². The molecule has 24 heavy (non-hydrogen) atoms. The highest BCUT2D eigenvalue weighted by Crippen LogP contribution is 2.25. The maximum atomic E-state index is 13.1. The van der Waals surface area contributed by atoms with Gasteiger partial charge in [0, 0.05) is 13.0 Å². The number of amides is 1. The van der Waals surface area contributed by atoms with Gasteiger partial charge in [0.25, 0.3) is 0 Å². The van der Waals surface area contributed by atoms with Gasteiger partial charge in [-0.2, -0.15) is 0 Å². The Morgan fingerprint density at radius 3 is 2.75 bits per heavy atom. The van der Waals surface area contributed by atoms with Gasteiger partial charge in [-0.05, 0) is 54.2 Å².